The largest absolute Gasteiger partial charge is 0.507 e. The first kappa shape index (κ1) is 54.6. The Morgan fingerprint density at radius 2 is 0.947 bits per heavy atom. The Bertz CT molecular complexity index is 3300. The molecule has 0 aliphatic carbocycles. The van der Waals surface area contributed by atoms with E-state index in [0.717, 1.165) is 34.1 Å². The molecule has 0 unspecified atom stereocenters. The number of aldehydes is 1. The highest BCUT2D eigenvalue weighted by molar-refractivity contribution is 5.92. The number of carbonyl (C=O) groups excluding carboxylic acids is 1. The first-order chi connectivity index (χ1) is 36.2. The van der Waals surface area contributed by atoms with E-state index in [1.54, 1.807) is 34.5 Å². The van der Waals surface area contributed by atoms with Crippen molar-refractivity contribution in [1.82, 2.24) is 0 Å². The molecule has 0 amide bonds. The lowest BCUT2D eigenvalue weighted by atomic mass is 9.96. The van der Waals surface area contributed by atoms with Crippen LogP contribution in [0, 0.1) is 13.8 Å². The smallest absolute Gasteiger partial charge is 0.339 e. The molecule has 0 saturated carbocycles. The van der Waals surface area contributed by atoms with Crippen molar-refractivity contribution in [1.29, 1.82) is 0 Å². The molecule has 0 spiro atoms. The number of nitrogens with one attached hydrogen (secondary N) is 1. The zero-order chi connectivity index (χ0) is 54.0. The maximum atomic E-state index is 11.3. The van der Waals surface area contributed by atoms with Crippen LogP contribution in [0.3, 0.4) is 0 Å². The molecular formula is C62H58N2O11. The van der Waals surface area contributed by atoms with Gasteiger partial charge in [-0.15, -0.1) is 0 Å². The van der Waals surface area contributed by atoms with E-state index in [4.69, 9.17) is 40.0 Å². The van der Waals surface area contributed by atoms with Crippen molar-refractivity contribution in [3.8, 4) is 56.8 Å². The lowest BCUT2D eigenvalue weighted by Gasteiger charge is -2.16. The Labute approximate surface area is 436 Å². The third-order valence-corrected chi connectivity index (χ3v) is 12.1. The molecule has 8 aromatic carbocycles. The zero-order valence-corrected chi connectivity index (χ0v) is 42.3. The lowest BCUT2D eigenvalue weighted by molar-refractivity contribution is 0.0682. The minimum Gasteiger partial charge on any atom is -0.507 e. The van der Waals surface area contributed by atoms with Crippen LogP contribution in [0.4, 0.5) is 11.4 Å². The van der Waals surface area contributed by atoms with Crippen molar-refractivity contribution in [2.45, 2.75) is 20.4 Å². The number of aromatic carboxylic acids is 2. The zero-order valence-electron chi connectivity index (χ0n) is 42.3. The Morgan fingerprint density at radius 1 is 0.520 bits per heavy atom. The standard InChI is InChI=1S/C31H29NO5.C24H22O3.C7H7NO3/c1-20-22(10-7-11-25(20)23-8-5-4-6-9-23)13-12-21-16-29(36-2)27(30(17-21)37-3)19-32-24-14-15-26(31(34)35)28(33)18-24;1-17-19(10-7-11-21(17)20-8-5-4-6-9-20)13-12-18-14-23(26-2)22(16-25)24(15-18)27-3;8-4-1-2-5(7(10)11)6(9)3-4/h4-18,32-33H,19H2,1-3H3,(H,34,35);4-16H,1-3H3;1-3,9H,8H2,(H,10,11)/b2*13-12+;. The Kier molecular flexibility index (Phi) is 19.0. The maximum Gasteiger partial charge on any atom is 0.339 e. The molecule has 7 N–H and O–H groups in total. The number of carboxylic acid groups (broad SMARTS) is 2. The van der Waals surface area contributed by atoms with Crippen LogP contribution in [0.2, 0.25) is 0 Å². The highest BCUT2D eigenvalue weighted by Crippen LogP contribution is 2.35. The van der Waals surface area contributed by atoms with E-state index in [9.17, 15) is 19.5 Å². The first-order valence-corrected chi connectivity index (χ1v) is 23.4. The summed E-state index contributed by atoms with van der Waals surface area (Å²) in [6.07, 6.45) is 8.93. The van der Waals surface area contributed by atoms with Crippen LogP contribution in [-0.4, -0.2) is 67.1 Å². The van der Waals surface area contributed by atoms with Gasteiger partial charge in [-0.25, -0.2) is 9.59 Å². The fourth-order valence-electron chi connectivity index (χ4n) is 8.09. The van der Waals surface area contributed by atoms with Gasteiger partial charge in [-0.2, -0.15) is 0 Å². The summed E-state index contributed by atoms with van der Waals surface area (Å²) in [6.45, 7) is 4.60. The second-order valence-corrected chi connectivity index (χ2v) is 16.8. The number of rotatable bonds is 16. The number of aromatic hydroxyl groups is 2. The third-order valence-electron chi connectivity index (χ3n) is 12.1. The number of benzene rings is 8. The second kappa shape index (κ2) is 26.1. The molecule has 0 aromatic heterocycles. The molecule has 13 nitrogen and oxygen atoms in total. The van der Waals surface area contributed by atoms with Crippen molar-refractivity contribution >= 4 is 53.9 Å². The summed E-state index contributed by atoms with van der Waals surface area (Å²) >= 11 is 0. The maximum absolute atomic E-state index is 11.3. The van der Waals surface area contributed by atoms with Crippen LogP contribution in [0.15, 0.2) is 158 Å². The van der Waals surface area contributed by atoms with Gasteiger partial charge in [0.1, 0.15) is 45.6 Å². The van der Waals surface area contributed by atoms with Crippen LogP contribution in [0.5, 0.6) is 34.5 Å². The molecule has 0 aliphatic heterocycles. The van der Waals surface area contributed by atoms with Gasteiger partial charge in [-0.3, -0.25) is 4.79 Å². The van der Waals surface area contributed by atoms with Crippen LogP contribution in [0.1, 0.15) is 70.0 Å². The summed E-state index contributed by atoms with van der Waals surface area (Å²) in [5.41, 5.74) is 18.4. The molecule has 0 aliphatic rings. The van der Waals surface area contributed by atoms with Crippen LogP contribution in [-0.2, 0) is 6.54 Å². The lowest BCUT2D eigenvalue weighted by Crippen LogP contribution is -2.05. The predicted octanol–water partition coefficient (Wildman–Crippen LogP) is 13.2. The van der Waals surface area contributed by atoms with Crippen LogP contribution >= 0.6 is 0 Å². The van der Waals surface area contributed by atoms with Gasteiger partial charge >= 0.3 is 11.9 Å². The van der Waals surface area contributed by atoms with Crippen LogP contribution in [0.25, 0.3) is 46.6 Å². The average molecular weight is 1010 g/mol. The molecule has 75 heavy (non-hydrogen) atoms. The Morgan fingerprint density at radius 3 is 1.35 bits per heavy atom. The highest BCUT2D eigenvalue weighted by Gasteiger charge is 2.16. The van der Waals surface area contributed by atoms with E-state index in [1.807, 2.05) is 72.8 Å². The number of anilines is 2. The quantitative estimate of drug-likeness (QED) is 0.0303. The fourth-order valence-corrected chi connectivity index (χ4v) is 8.09. The number of carboxylic acids is 2. The first-order valence-electron chi connectivity index (χ1n) is 23.4. The molecular weight excluding hydrogens is 949 g/mol. The number of hydrogen-bond acceptors (Lipinski definition) is 11. The third kappa shape index (κ3) is 14.0. The molecule has 8 aromatic rings. The van der Waals surface area contributed by atoms with E-state index in [2.05, 4.69) is 92.0 Å². The summed E-state index contributed by atoms with van der Waals surface area (Å²) in [7, 11) is 6.30. The van der Waals surface area contributed by atoms with Crippen molar-refractivity contribution < 1.29 is 53.8 Å². The second-order valence-electron chi connectivity index (χ2n) is 16.8. The summed E-state index contributed by atoms with van der Waals surface area (Å²) in [5.74, 6) is -0.667. The highest BCUT2D eigenvalue weighted by atomic mass is 16.5. The number of nitrogen functional groups attached to an aromatic ring is 1. The molecule has 13 heteroatoms. The van der Waals surface area contributed by atoms with Crippen molar-refractivity contribution in [3.63, 3.8) is 0 Å². The topological polar surface area (TPSA) is 207 Å². The van der Waals surface area contributed by atoms with E-state index < -0.39 is 11.9 Å². The van der Waals surface area contributed by atoms with Gasteiger partial charge in [0.05, 0.1) is 39.6 Å². The number of phenols is 2. The molecule has 0 fully saturated rings. The number of hydrogen-bond donors (Lipinski definition) is 6. The fraction of sp³-hybridized carbons (Fsp3) is 0.113. The molecule has 0 heterocycles. The minimum absolute atomic E-state index is 0.140. The van der Waals surface area contributed by atoms with Gasteiger partial charge in [0.25, 0.3) is 0 Å². The van der Waals surface area contributed by atoms with Gasteiger partial charge in [0, 0.05) is 30.1 Å². The summed E-state index contributed by atoms with van der Waals surface area (Å²) in [4.78, 5) is 32.8. The number of carbonyl (C=O) groups is 3. The molecule has 0 bridgehead atoms. The van der Waals surface area contributed by atoms with Gasteiger partial charge in [-0.05, 0) is 118 Å². The molecule has 0 saturated heterocycles. The molecule has 8 rings (SSSR count). The molecule has 0 radical (unpaired) electrons. The number of ether oxygens (including phenoxy) is 4. The van der Waals surface area contributed by atoms with Crippen molar-refractivity contribution in [3.05, 3.63) is 213 Å². The molecule has 0 atom stereocenters. The van der Waals surface area contributed by atoms with Crippen molar-refractivity contribution in [2.24, 2.45) is 0 Å². The van der Waals surface area contributed by atoms with Crippen LogP contribution < -0.4 is 30.0 Å². The molecule has 382 valence electrons. The van der Waals surface area contributed by atoms with E-state index in [-0.39, 0.29) is 22.6 Å². The predicted molar refractivity (Wildman–Crippen MR) is 297 cm³/mol. The monoisotopic (exact) mass is 1010 g/mol. The number of nitrogens with two attached hydrogens (primary N) is 1. The SMILES string of the molecule is COc1cc(/C=C/c2cccc(-c3ccccc3)c2C)cc(OC)c1C=O.COc1cc(/C=C/c2cccc(-c3ccccc3)c2C)cc(OC)c1CNc1ccc(C(=O)O)c(O)c1.Nc1ccc(C(=O)O)c(O)c1. The van der Waals surface area contributed by atoms with Gasteiger partial charge in [-0.1, -0.05) is 121 Å². The van der Waals surface area contributed by atoms with Gasteiger partial charge < -0.3 is 50.4 Å². The van der Waals surface area contributed by atoms with Gasteiger partial charge in [0.15, 0.2) is 6.29 Å². The number of methoxy groups -OCH3 is 4. The summed E-state index contributed by atoms with van der Waals surface area (Å²) in [5, 5.41) is 39.7. The van der Waals surface area contributed by atoms with E-state index >= 15 is 0 Å². The summed E-state index contributed by atoms with van der Waals surface area (Å²) in [6, 6.07) is 49.0. The summed E-state index contributed by atoms with van der Waals surface area (Å²) < 4.78 is 22.0. The van der Waals surface area contributed by atoms with E-state index in [0.29, 0.717) is 46.5 Å². The van der Waals surface area contributed by atoms with E-state index in [1.165, 1.54) is 63.7 Å². The Hall–Kier alpha value is -9.75. The normalized spacial score (nSPS) is 10.6. The van der Waals surface area contributed by atoms with Crippen molar-refractivity contribution in [2.75, 3.05) is 39.5 Å². The average Bonchev–Trinajstić information content (AvgIpc) is 3.42. The minimum atomic E-state index is -1.18. The van der Waals surface area contributed by atoms with Gasteiger partial charge in [0.2, 0.25) is 0 Å². The Balaban J connectivity index is 0.000000209.